The maximum Gasteiger partial charge on any atom is 0.325 e. The van der Waals surface area contributed by atoms with Crippen LogP contribution in [0.25, 0.3) is 0 Å². The normalized spacial score (nSPS) is 20.7. The Balaban J connectivity index is 1.31. The molecule has 8 heteroatoms. The van der Waals surface area contributed by atoms with Gasteiger partial charge in [0.25, 0.3) is 5.91 Å². The van der Waals surface area contributed by atoms with Gasteiger partial charge in [0.1, 0.15) is 13.2 Å². The van der Waals surface area contributed by atoms with Crippen LogP contribution in [-0.2, 0) is 21.5 Å². The molecule has 184 valence electrons. The largest absolute Gasteiger partial charge is 0.486 e. The monoisotopic (exact) mass is 485 g/mol. The van der Waals surface area contributed by atoms with Crippen LogP contribution in [0, 0.1) is 0 Å². The Morgan fingerprint density at radius 1 is 0.972 bits per heavy atom. The second-order valence-corrected chi connectivity index (χ2v) is 9.03. The van der Waals surface area contributed by atoms with Crippen molar-refractivity contribution in [3.63, 3.8) is 0 Å². The minimum Gasteiger partial charge on any atom is -0.486 e. The highest BCUT2D eigenvalue weighted by Crippen LogP contribution is 2.33. The lowest BCUT2D eigenvalue weighted by Crippen LogP contribution is -2.48. The van der Waals surface area contributed by atoms with Crippen molar-refractivity contribution >= 4 is 17.8 Å². The highest BCUT2D eigenvalue weighted by molar-refractivity contribution is 6.09. The summed E-state index contributed by atoms with van der Waals surface area (Å²) in [5.41, 5.74) is 0.278. The summed E-state index contributed by atoms with van der Waals surface area (Å²) in [4.78, 5) is 42.3. The van der Waals surface area contributed by atoms with Gasteiger partial charge >= 0.3 is 6.03 Å². The molecule has 0 spiro atoms. The van der Waals surface area contributed by atoms with Gasteiger partial charge < -0.3 is 19.7 Å². The van der Waals surface area contributed by atoms with E-state index in [1.807, 2.05) is 84.9 Å². The third-order valence-corrected chi connectivity index (χ3v) is 6.52. The molecule has 2 heterocycles. The number of likely N-dealkylation sites (N-methyl/N-ethyl adjacent to an activating group) is 1. The molecular weight excluding hydrogens is 458 g/mol. The fraction of sp³-hybridized carbons (Fsp3) is 0.250. The lowest BCUT2D eigenvalue weighted by Gasteiger charge is -2.30. The number of fused-ring (bicyclic) bond motifs is 1. The van der Waals surface area contributed by atoms with E-state index in [1.54, 1.807) is 7.05 Å². The van der Waals surface area contributed by atoms with Crippen molar-refractivity contribution in [2.75, 3.05) is 26.7 Å². The molecule has 0 unspecified atom stereocenters. The van der Waals surface area contributed by atoms with Gasteiger partial charge in [-0.2, -0.15) is 0 Å². The molecule has 0 radical (unpaired) electrons. The van der Waals surface area contributed by atoms with Crippen LogP contribution in [0.4, 0.5) is 4.79 Å². The Bertz CT molecular complexity index is 1270. The van der Waals surface area contributed by atoms with Crippen LogP contribution < -0.4 is 14.8 Å². The van der Waals surface area contributed by atoms with Gasteiger partial charge in [0.15, 0.2) is 23.1 Å². The number of hydrogen-bond donors (Lipinski definition) is 1. The van der Waals surface area contributed by atoms with E-state index < -0.39 is 17.5 Å². The van der Waals surface area contributed by atoms with E-state index in [0.29, 0.717) is 23.7 Å². The number of urea groups is 1. The number of benzene rings is 3. The quantitative estimate of drug-likeness (QED) is 0.520. The second-order valence-electron chi connectivity index (χ2n) is 9.03. The molecule has 0 aromatic heterocycles. The summed E-state index contributed by atoms with van der Waals surface area (Å²) in [5, 5.41) is 2.89. The Labute approximate surface area is 209 Å². The molecule has 2 aliphatic heterocycles. The fourth-order valence-electron chi connectivity index (χ4n) is 4.63. The lowest BCUT2D eigenvalue weighted by atomic mass is 9.83. The van der Waals surface area contributed by atoms with E-state index in [4.69, 9.17) is 9.47 Å². The zero-order valence-corrected chi connectivity index (χ0v) is 19.9. The minimum absolute atomic E-state index is 0.255. The number of para-hydroxylation sites is 2. The molecule has 2 atom stereocenters. The number of hydrogen-bond acceptors (Lipinski definition) is 5. The molecule has 1 fully saturated rings. The van der Waals surface area contributed by atoms with Crippen molar-refractivity contribution in [3.05, 3.63) is 96.1 Å². The maximum atomic E-state index is 13.8. The molecule has 4 amide bonds. The topological polar surface area (TPSA) is 88.2 Å². The standard InChI is InChI=1S/C28H27N3O5/c1-30(17-22-19-35-23-14-8-9-15-24(23)36-22)25(32)18-31-26(33)28(29-27(31)34,21-12-6-3-7-13-21)16-20-10-4-2-5-11-20/h2-15,22H,16-19H2,1H3,(H,29,34)/t22-,28-/m0/s1. The van der Waals surface area contributed by atoms with Crippen molar-refractivity contribution < 1.29 is 23.9 Å². The summed E-state index contributed by atoms with van der Waals surface area (Å²) in [6, 6.07) is 25.4. The number of carbonyl (C=O) groups excluding carboxylic acids is 3. The van der Waals surface area contributed by atoms with Crippen LogP contribution in [0.5, 0.6) is 11.5 Å². The molecule has 0 aliphatic carbocycles. The first-order valence-corrected chi connectivity index (χ1v) is 11.8. The van der Waals surface area contributed by atoms with Gasteiger partial charge in [0.2, 0.25) is 5.91 Å². The highest BCUT2D eigenvalue weighted by Gasteiger charge is 2.52. The van der Waals surface area contributed by atoms with Gasteiger partial charge in [-0.1, -0.05) is 72.8 Å². The Kier molecular flexibility index (Phi) is 6.33. The van der Waals surface area contributed by atoms with Crippen LogP contribution in [0.15, 0.2) is 84.9 Å². The van der Waals surface area contributed by atoms with Crippen LogP contribution >= 0.6 is 0 Å². The molecule has 2 aliphatic rings. The average molecular weight is 486 g/mol. The molecular formula is C28H27N3O5. The molecule has 1 saturated heterocycles. The van der Waals surface area contributed by atoms with Gasteiger partial charge in [-0.15, -0.1) is 0 Å². The zero-order valence-electron chi connectivity index (χ0n) is 19.9. The summed E-state index contributed by atoms with van der Waals surface area (Å²) in [6.45, 7) is 0.186. The number of amides is 4. The summed E-state index contributed by atoms with van der Waals surface area (Å²) >= 11 is 0. The van der Waals surface area contributed by atoms with Gasteiger partial charge in [0, 0.05) is 13.5 Å². The summed E-state index contributed by atoms with van der Waals surface area (Å²) in [6.07, 6.45) is -0.0891. The number of rotatable bonds is 7. The Morgan fingerprint density at radius 3 is 2.33 bits per heavy atom. The van der Waals surface area contributed by atoms with E-state index in [1.165, 1.54) is 4.90 Å². The van der Waals surface area contributed by atoms with Gasteiger partial charge in [-0.05, 0) is 23.3 Å². The number of carbonyl (C=O) groups is 3. The van der Waals surface area contributed by atoms with Crippen molar-refractivity contribution in [2.45, 2.75) is 18.1 Å². The summed E-state index contributed by atoms with van der Waals surface area (Å²) < 4.78 is 11.7. The molecule has 3 aromatic carbocycles. The predicted octanol–water partition coefficient (Wildman–Crippen LogP) is 2.97. The third kappa shape index (κ3) is 4.49. The smallest absolute Gasteiger partial charge is 0.325 e. The average Bonchev–Trinajstić information content (AvgIpc) is 3.14. The first kappa shape index (κ1) is 23.4. The Hall–Kier alpha value is -4.33. The van der Waals surface area contributed by atoms with E-state index >= 15 is 0 Å². The molecule has 8 nitrogen and oxygen atoms in total. The second kappa shape index (κ2) is 9.73. The van der Waals surface area contributed by atoms with E-state index in [9.17, 15) is 14.4 Å². The molecule has 0 bridgehead atoms. The SMILES string of the molecule is CN(C[C@H]1COc2ccccc2O1)C(=O)CN1C(=O)N[C@@](Cc2ccccc2)(c2ccccc2)C1=O. The lowest BCUT2D eigenvalue weighted by molar-refractivity contribution is -0.139. The Morgan fingerprint density at radius 2 is 1.61 bits per heavy atom. The van der Waals surface area contributed by atoms with Crippen molar-refractivity contribution in [1.29, 1.82) is 0 Å². The van der Waals surface area contributed by atoms with Gasteiger partial charge in [-0.25, -0.2) is 4.79 Å². The predicted molar refractivity (Wildman–Crippen MR) is 133 cm³/mol. The fourth-order valence-corrected chi connectivity index (χ4v) is 4.63. The number of nitrogens with one attached hydrogen (secondary N) is 1. The molecule has 36 heavy (non-hydrogen) atoms. The van der Waals surface area contributed by atoms with Crippen LogP contribution in [0.1, 0.15) is 11.1 Å². The number of nitrogens with zero attached hydrogens (tertiary/aromatic N) is 2. The van der Waals surface area contributed by atoms with Crippen LogP contribution in [0.3, 0.4) is 0 Å². The first-order valence-electron chi connectivity index (χ1n) is 11.8. The highest BCUT2D eigenvalue weighted by atomic mass is 16.6. The van der Waals surface area contributed by atoms with E-state index in [0.717, 1.165) is 10.5 Å². The number of imide groups is 1. The van der Waals surface area contributed by atoms with Crippen molar-refractivity contribution in [1.82, 2.24) is 15.1 Å². The van der Waals surface area contributed by atoms with Gasteiger partial charge in [-0.3, -0.25) is 14.5 Å². The van der Waals surface area contributed by atoms with E-state index in [2.05, 4.69) is 5.32 Å². The van der Waals surface area contributed by atoms with Crippen LogP contribution in [0.2, 0.25) is 0 Å². The zero-order chi connectivity index (χ0) is 25.1. The maximum absolute atomic E-state index is 13.8. The molecule has 1 N–H and O–H groups in total. The first-order chi connectivity index (χ1) is 17.5. The van der Waals surface area contributed by atoms with E-state index in [-0.39, 0.29) is 31.5 Å². The molecule has 5 rings (SSSR count). The summed E-state index contributed by atoms with van der Waals surface area (Å²) in [5.74, 6) is 0.468. The number of ether oxygens (including phenoxy) is 2. The third-order valence-electron chi connectivity index (χ3n) is 6.52. The summed E-state index contributed by atoms with van der Waals surface area (Å²) in [7, 11) is 1.62. The minimum atomic E-state index is -1.29. The van der Waals surface area contributed by atoms with Gasteiger partial charge in [0.05, 0.1) is 6.54 Å². The van der Waals surface area contributed by atoms with Crippen molar-refractivity contribution in [3.8, 4) is 11.5 Å². The van der Waals surface area contributed by atoms with Crippen molar-refractivity contribution in [2.24, 2.45) is 0 Å². The van der Waals surface area contributed by atoms with Crippen LogP contribution in [-0.4, -0.2) is 60.5 Å². The molecule has 3 aromatic rings. The molecule has 0 saturated carbocycles.